The molecule has 218 valence electrons. The Morgan fingerprint density at radius 2 is 1.95 bits per heavy atom. The fraction of sp³-hybridized carbons (Fsp3) is 0.522. The maximum Gasteiger partial charge on any atom is 0.407 e. The Kier molecular flexibility index (Phi) is 9.62. The van der Waals surface area contributed by atoms with Crippen LogP contribution < -0.4 is 16.4 Å². The second kappa shape index (κ2) is 12.5. The van der Waals surface area contributed by atoms with Gasteiger partial charge in [0, 0.05) is 22.7 Å². The molecule has 0 aromatic carbocycles. The van der Waals surface area contributed by atoms with Crippen molar-refractivity contribution in [2.24, 2.45) is 10.6 Å². The van der Waals surface area contributed by atoms with E-state index in [0.29, 0.717) is 0 Å². The van der Waals surface area contributed by atoms with Crippen LogP contribution in [-0.4, -0.2) is 87.3 Å². The topological polar surface area (TPSA) is 212 Å². The number of rotatable bonds is 9. The molecule has 40 heavy (non-hydrogen) atoms. The number of nitrogens with two attached hydrogens (primary N) is 1. The van der Waals surface area contributed by atoms with Crippen molar-refractivity contribution in [2.75, 3.05) is 24.9 Å². The lowest BCUT2D eigenvalue weighted by molar-refractivity contribution is -0.173. The minimum absolute atomic E-state index is 0.0236. The number of thiazole rings is 1. The van der Waals surface area contributed by atoms with Gasteiger partial charge in [-0.2, -0.15) is 0 Å². The van der Waals surface area contributed by atoms with Crippen molar-refractivity contribution in [1.29, 1.82) is 0 Å². The summed E-state index contributed by atoms with van der Waals surface area (Å²) in [5, 5.41) is 18.2. The number of alkyl carbamates (subject to hydrolysis) is 1. The second-order valence-electron chi connectivity index (χ2n) is 9.94. The van der Waals surface area contributed by atoms with Gasteiger partial charge in [-0.15, -0.1) is 23.1 Å². The number of fused-ring (bicyclic) bond motifs is 1. The van der Waals surface area contributed by atoms with Gasteiger partial charge in [0.15, 0.2) is 10.8 Å². The number of carbonyl (C=O) groups excluding carboxylic acids is 5. The van der Waals surface area contributed by atoms with Gasteiger partial charge in [0.2, 0.25) is 6.79 Å². The molecule has 0 spiro atoms. The number of nitrogen functional groups attached to an aromatic ring is 1. The number of β-lactam (4-membered cyclic amide) rings is 1. The summed E-state index contributed by atoms with van der Waals surface area (Å²) >= 11 is 2.24. The van der Waals surface area contributed by atoms with Gasteiger partial charge in [0.1, 0.15) is 29.4 Å². The molecule has 17 heteroatoms. The molecule has 2 atom stereocenters. The van der Waals surface area contributed by atoms with Gasteiger partial charge in [-0.3, -0.25) is 19.3 Å². The average Bonchev–Trinajstić information content (AvgIpc) is 3.30. The number of nitrogens with zero attached hydrogens (tertiary/aromatic N) is 3. The number of nitrogens with one attached hydrogen (secondary N) is 2. The van der Waals surface area contributed by atoms with Crippen LogP contribution in [0, 0.1) is 5.41 Å². The molecule has 3 rings (SSSR count). The first-order valence-electron chi connectivity index (χ1n) is 11.9. The highest BCUT2D eigenvalue weighted by atomic mass is 32.2. The van der Waals surface area contributed by atoms with Crippen LogP contribution in [0.5, 0.6) is 0 Å². The van der Waals surface area contributed by atoms with Gasteiger partial charge >= 0.3 is 18.0 Å². The van der Waals surface area contributed by atoms with E-state index in [1.807, 2.05) is 0 Å². The van der Waals surface area contributed by atoms with Crippen molar-refractivity contribution in [3.05, 3.63) is 22.3 Å². The van der Waals surface area contributed by atoms with Gasteiger partial charge in [0.05, 0.1) is 5.41 Å². The monoisotopic (exact) mass is 598 g/mol. The van der Waals surface area contributed by atoms with Crippen LogP contribution in [0.25, 0.3) is 0 Å². The maximum absolute atomic E-state index is 13.2. The van der Waals surface area contributed by atoms with Gasteiger partial charge in [-0.1, -0.05) is 5.16 Å². The predicted molar refractivity (Wildman–Crippen MR) is 143 cm³/mol. The van der Waals surface area contributed by atoms with Crippen LogP contribution in [-0.2, 0) is 33.4 Å². The molecule has 3 heterocycles. The lowest BCUT2D eigenvalue weighted by atomic mass is 9.98. The molecule has 1 aromatic heterocycles. The first-order chi connectivity index (χ1) is 18.7. The van der Waals surface area contributed by atoms with Crippen LogP contribution in [0.2, 0.25) is 0 Å². The van der Waals surface area contributed by atoms with Crippen molar-refractivity contribution >= 4 is 63.8 Å². The Labute approximate surface area is 237 Å². The average molecular weight is 599 g/mol. The van der Waals surface area contributed by atoms with E-state index in [4.69, 9.17) is 19.9 Å². The van der Waals surface area contributed by atoms with Gasteiger partial charge < -0.3 is 35.8 Å². The van der Waals surface area contributed by atoms with Crippen LogP contribution >= 0.6 is 23.1 Å². The largest absolute Gasteiger partial charge is 0.445 e. The number of anilines is 1. The molecule has 0 saturated carbocycles. The Bertz CT molecular complexity index is 1250. The molecule has 3 amide bonds. The quantitative estimate of drug-likeness (QED) is 0.0776. The Morgan fingerprint density at radius 3 is 2.52 bits per heavy atom. The van der Waals surface area contributed by atoms with Crippen molar-refractivity contribution < 1.29 is 43.4 Å². The number of hydrogen-bond donors (Lipinski definition) is 4. The number of ether oxygens (including phenoxy) is 3. The van der Waals surface area contributed by atoms with Crippen LogP contribution in [0.4, 0.5) is 9.93 Å². The summed E-state index contributed by atoms with van der Waals surface area (Å²) in [6, 6.07) is -1.28. The zero-order valence-corrected chi connectivity index (χ0v) is 24.0. The molecule has 0 bridgehead atoms. The first kappa shape index (κ1) is 30.7. The lowest BCUT2D eigenvalue weighted by Gasteiger charge is -2.49. The van der Waals surface area contributed by atoms with Crippen LogP contribution in [0.1, 0.15) is 40.3 Å². The molecular weight excluding hydrogens is 568 g/mol. The third-order valence-electron chi connectivity index (χ3n) is 5.38. The van der Waals surface area contributed by atoms with Crippen LogP contribution in [0.3, 0.4) is 0 Å². The summed E-state index contributed by atoms with van der Waals surface area (Å²) in [6.45, 7) is 7.35. The normalized spacial score (nSPS) is 19.0. The predicted octanol–water partition coefficient (Wildman–Crippen LogP) is 0.782. The third kappa shape index (κ3) is 7.01. The summed E-state index contributed by atoms with van der Waals surface area (Å²) < 4.78 is 15.3. The maximum atomic E-state index is 13.2. The summed E-state index contributed by atoms with van der Waals surface area (Å²) in [5.41, 5.74) is 4.42. The number of hydrogen-bond acceptors (Lipinski definition) is 14. The number of amides is 3. The van der Waals surface area contributed by atoms with E-state index in [9.17, 15) is 29.2 Å². The standard InChI is InChI=1S/C23H30N6O9S2/c1-10(2)25-22(34)36-6-11-7-39-18-14(27-16(30)13(28-35)12-8-40-21(24)26-12)17(31)29(18)15(11)19(32)37-9-38-20(33)23(3,4)5/h8,10,14,18,35H,6-7,9H2,1-5H3,(H2,24,26)(H,25,34)(H,27,30)/b28-13-/t14-,18-/m1/s1. The van der Waals surface area contributed by atoms with Crippen molar-refractivity contribution in [2.45, 2.75) is 52.1 Å². The van der Waals surface area contributed by atoms with Crippen molar-refractivity contribution in [3.8, 4) is 0 Å². The summed E-state index contributed by atoms with van der Waals surface area (Å²) in [5.74, 6) is -2.99. The Balaban J connectivity index is 1.77. The number of oxime groups is 1. The first-order valence-corrected chi connectivity index (χ1v) is 13.9. The fourth-order valence-electron chi connectivity index (χ4n) is 3.45. The van der Waals surface area contributed by atoms with Crippen molar-refractivity contribution in [3.63, 3.8) is 0 Å². The zero-order chi connectivity index (χ0) is 29.8. The van der Waals surface area contributed by atoms with E-state index in [1.165, 1.54) is 17.1 Å². The summed E-state index contributed by atoms with van der Waals surface area (Å²) in [6.07, 6.45) is -0.722. The summed E-state index contributed by atoms with van der Waals surface area (Å²) in [7, 11) is 0. The van der Waals surface area contributed by atoms with E-state index >= 15 is 0 Å². The number of carbonyl (C=O) groups is 5. The second-order valence-corrected chi connectivity index (χ2v) is 11.9. The number of esters is 2. The molecule has 1 aromatic rings. The molecule has 1 fully saturated rings. The van der Waals surface area contributed by atoms with Gasteiger partial charge in [-0.05, 0) is 34.6 Å². The lowest BCUT2D eigenvalue weighted by Crippen LogP contribution is -2.71. The van der Waals surface area contributed by atoms with Gasteiger partial charge in [-0.25, -0.2) is 14.6 Å². The van der Waals surface area contributed by atoms with Crippen LogP contribution in [0.15, 0.2) is 21.8 Å². The summed E-state index contributed by atoms with van der Waals surface area (Å²) in [4.78, 5) is 68.1. The van der Waals surface area contributed by atoms with E-state index in [-0.39, 0.29) is 40.5 Å². The smallest absolute Gasteiger partial charge is 0.407 e. The van der Waals surface area contributed by atoms with E-state index in [0.717, 1.165) is 16.2 Å². The zero-order valence-electron chi connectivity index (χ0n) is 22.4. The molecule has 2 aliphatic rings. The number of aromatic nitrogens is 1. The van der Waals surface area contributed by atoms with E-state index in [1.54, 1.807) is 34.6 Å². The highest BCUT2D eigenvalue weighted by Crippen LogP contribution is 2.40. The Hall–Kier alpha value is -3.86. The molecule has 1 saturated heterocycles. The van der Waals surface area contributed by atoms with E-state index in [2.05, 4.69) is 20.8 Å². The van der Waals surface area contributed by atoms with E-state index < -0.39 is 59.2 Å². The Morgan fingerprint density at radius 1 is 1.25 bits per heavy atom. The molecule has 15 nitrogen and oxygen atoms in total. The van der Waals surface area contributed by atoms with Crippen molar-refractivity contribution in [1.82, 2.24) is 20.5 Å². The number of thioether (sulfide) groups is 1. The third-order valence-corrected chi connectivity index (χ3v) is 7.40. The molecular formula is C23H30N6O9S2. The fourth-order valence-corrected chi connectivity index (χ4v) is 5.33. The highest BCUT2D eigenvalue weighted by Gasteiger charge is 2.55. The molecule has 0 unspecified atom stereocenters. The minimum Gasteiger partial charge on any atom is -0.445 e. The highest BCUT2D eigenvalue weighted by molar-refractivity contribution is 8.00. The molecule has 5 N–H and O–H groups in total. The van der Waals surface area contributed by atoms with Gasteiger partial charge in [0.25, 0.3) is 11.8 Å². The molecule has 2 aliphatic heterocycles. The molecule has 0 aliphatic carbocycles. The SMILES string of the molecule is CC(C)NC(=O)OCC1=C(C(=O)OCOC(=O)C(C)(C)C)N2C(=O)[C@@H](NC(=O)/C(=N\O)c3csc(N)n3)[C@H]2SC1. The minimum atomic E-state index is -1.08. The molecule has 0 radical (unpaired) electrons.